The first kappa shape index (κ1) is 11.5. The van der Waals surface area contributed by atoms with E-state index in [1.165, 1.54) is 5.56 Å². The van der Waals surface area contributed by atoms with Crippen LogP contribution < -0.4 is 5.32 Å². The van der Waals surface area contributed by atoms with Crippen molar-refractivity contribution in [3.63, 3.8) is 0 Å². The van der Waals surface area contributed by atoms with E-state index in [1.807, 2.05) is 18.2 Å². The molecule has 0 saturated heterocycles. The molecule has 4 heteroatoms. The number of aromatic nitrogens is 1. The third-order valence-corrected chi connectivity index (χ3v) is 4.14. The molecule has 0 unspecified atom stereocenters. The number of rotatable bonds is 0. The van der Waals surface area contributed by atoms with Gasteiger partial charge in [-0.3, -0.25) is 9.78 Å². The summed E-state index contributed by atoms with van der Waals surface area (Å²) < 4.78 is 0. The summed E-state index contributed by atoms with van der Waals surface area (Å²) in [5.74, 6) is 0.164. The van der Waals surface area contributed by atoms with E-state index in [-0.39, 0.29) is 23.7 Å². The molecule has 1 amide bonds. The van der Waals surface area contributed by atoms with E-state index in [4.69, 9.17) is 0 Å². The zero-order valence-electron chi connectivity index (χ0n) is 9.77. The van der Waals surface area contributed by atoms with Crippen molar-refractivity contribution in [2.75, 3.05) is 5.32 Å². The number of halogens is 1. The molecule has 1 N–H and O–H groups in total. The van der Waals surface area contributed by atoms with Crippen molar-refractivity contribution in [2.24, 2.45) is 0 Å². The van der Waals surface area contributed by atoms with Crippen LogP contribution in [-0.2, 0) is 10.2 Å². The molecule has 1 saturated carbocycles. The zero-order valence-corrected chi connectivity index (χ0v) is 10.6. The minimum absolute atomic E-state index is 0. The summed E-state index contributed by atoms with van der Waals surface area (Å²) in [5.41, 5.74) is 2.82. The highest BCUT2D eigenvalue weighted by Gasteiger charge is 2.51. The molecule has 1 aliphatic heterocycles. The van der Waals surface area contributed by atoms with E-state index in [2.05, 4.69) is 16.4 Å². The van der Waals surface area contributed by atoms with Gasteiger partial charge in [-0.05, 0) is 18.9 Å². The molecule has 4 rings (SSSR count). The molecule has 2 aromatic rings. The van der Waals surface area contributed by atoms with Crippen LogP contribution in [0.5, 0.6) is 0 Å². The first-order chi connectivity index (χ1) is 8.31. The molecule has 0 radical (unpaired) electrons. The zero-order chi connectivity index (χ0) is 11.5. The van der Waals surface area contributed by atoms with Crippen molar-refractivity contribution in [2.45, 2.75) is 24.7 Å². The van der Waals surface area contributed by atoms with Crippen LogP contribution in [-0.4, -0.2) is 10.9 Å². The molecule has 3 nitrogen and oxygen atoms in total. The van der Waals surface area contributed by atoms with Gasteiger partial charge in [0.15, 0.2) is 0 Å². The van der Waals surface area contributed by atoms with E-state index in [1.54, 1.807) is 6.20 Å². The predicted octanol–water partition coefficient (Wildman–Crippen LogP) is 3.03. The van der Waals surface area contributed by atoms with Gasteiger partial charge in [-0.2, -0.15) is 0 Å². The van der Waals surface area contributed by atoms with Crippen molar-refractivity contribution in [1.29, 1.82) is 0 Å². The minimum Gasteiger partial charge on any atom is -0.324 e. The Balaban J connectivity index is 0.000001000. The molecule has 1 aromatic heterocycles. The van der Waals surface area contributed by atoms with Crippen LogP contribution in [0.1, 0.15) is 24.8 Å². The van der Waals surface area contributed by atoms with Gasteiger partial charge in [0.1, 0.15) is 0 Å². The minimum atomic E-state index is -0.252. The Hall–Kier alpha value is -1.61. The molecule has 2 heterocycles. The summed E-state index contributed by atoms with van der Waals surface area (Å²) in [6.45, 7) is 0. The Morgan fingerprint density at radius 3 is 2.72 bits per heavy atom. The summed E-state index contributed by atoms with van der Waals surface area (Å²) >= 11 is 0. The fourth-order valence-electron chi connectivity index (χ4n) is 3.11. The Kier molecular flexibility index (Phi) is 2.35. The average Bonchev–Trinajstić information content (AvgIpc) is 2.61. The molecule has 1 aromatic carbocycles. The number of para-hydroxylation sites is 1. The predicted molar refractivity (Wildman–Crippen MR) is 73.1 cm³/mol. The van der Waals surface area contributed by atoms with Crippen LogP contribution in [0, 0.1) is 0 Å². The molecule has 2 aliphatic rings. The van der Waals surface area contributed by atoms with Gasteiger partial charge < -0.3 is 5.32 Å². The van der Waals surface area contributed by atoms with Crippen LogP contribution in [0.3, 0.4) is 0 Å². The lowest BCUT2D eigenvalue weighted by Crippen LogP contribution is -2.40. The molecule has 1 aliphatic carbocycles. The largest absolute Gasteiger partial charge is 0.324 e. The third-order valence-electron chi connectivity index (χ3n) is 4.14. The van der Waals surface area contributed by atoms with Gasteiger partial charge in [0, 0.05) is 10.9 Å². The third kappa shape index (κ3) is 1.20. The first-order valence-corrected chi connectivity index (χ1v) is 6.01. The summed E-state index contributed by atoms with van der Waals surface area (Å²) in [6, 6.07) is 8.07. The number of hydrogen-bond acceptors (Lipinski definition) is 2. The quantitative estimate of drug-likeness (QED) is 0.791. The number of benzene rings is 1. The molecule has 18 heavy (non-hydrogen) atoms. The average molecular weight is 261 g/mol. The van der Waals surface area contributed by atoms with Crippen molar-refractivity contribution < 1.29 is 4.79 Å². The summed E-state index contributed by atoms with van der Waals surface area (Å²) in [5, 5.41) is 4.11. The molecule has 0 atom stereocenters. The standard InChI is InChI=1S/C14H12N2O.ClH/c17-13-14(6-3-7-14)12-9-4-1-2-5-10(9)15-8-11(12)16-13;/h1-2,4-5,8H,3,6-7H2,(H,16,17);1H. The van der Waals surface area contributed by atoms with Gasteiger partial charge in [-0.15, -0.1) is 12.4 Å². The second-order valence-electron chi connectivity index (χ2n) is 4.95. The van der Waals surface area contributed by atoms with Crippen molar-refractivity contribution in [1.82, 2.24) is 4.98 Å². The van der Waals surface area contributed by atoms with Crippen LogP contribution in [0.2, 0.25) is 0 Å². The Labute approximate surface area is 111 Å². The normalized spacial score (nSPS) is 19.0. The molecule has 0 bridgehead atoms. The lowest BCUT2D eigenvalue weighted by atomic mass is 9.64. The highest BCUT2D eigenvalue weighted by atomic mass is 35.5. The van der Waals surface area contributed by atoms with Gasteiger partial charge in [-0.1, -0.05) is 24.6 Å². The number of carbonyl (C=O) groups is 1. The van der Waals surface area contributed by atoms with E-state index in [9.17, 15) is 4.79 Å². The maximum absolute atomic E-state index is 12.1. The first-order valence-electron chi connectivity index (χ1n) is 6.01. The number of nitrogens with zero attached hydrogens (tertiary/aromatic N) is 1. The fourth-order valence-corrected chi connectivity index (χ4v) is 3.11. The molecular formula is C14H13ClN2O. The van der Waals surface area contributed by atoms with E-state index in [0.717, 1.165) is 35.9 Å². The lowest BCUT2D eigenvalue weighted by molar-refractivity contribution is -0.123. The second-order valence-corrected chi connectivity index (χ2v) is 4.95. The Bertz CT molecular complexity index is 649. The summed E-state index contributed by atoms with van der Waals surface area (Å²) in [7, 11) is 0. The Morgan fingerprint density at radius 2 is 2.00 bits per heavy atom. The van der Waals surface area contributed by atoms with Crippen LogP contribution in [0.25, 0.3) is 10.9 Å². The maximum atomic E-state index is 12.1. The van der Waals surface area contributed by atoms with Gasteiger partial charge in [-0.25, -0.2) is 0 Å². The fraction of sp³-hybridized carbons (Fsp3) is 0.286. The van der Waals surface area contributed by atoms with Gasteiger partial charge in [0.25, 0.3) is 0 Å². The van der Waals surface area contributed by atoms with Crippen LogP contribution in [0.4, 0.5) is 5.69 Å². The summed E-state index contributed by atoms with van der Waals surface area (Å²) in [4.78, 5) is 16.5. The number of anilines is 1. The van der Waals surface area contributed by atoms with Crippen molar-refractivity contribution in [3.05, 3.63) is 36.0 Å². The van der Waals surface area contributed by atoms with E-state index >= 15 is 0 Å². The van der Waals surface area contributed by atoms with Gasteiger partial charge in [0.2, 0.25) is 5.91 Å². The molecular weight excluding hydrogens is 248 g/mol. The molecule has 92 valence electrons. The van der Waals surface area contributed by atoms with E-state index in [0.29, 0.717) is 0 Å². The van der Waals surface area contributed by atoms with Gasteiger partial charge in [0.05, 0.1) is 22.8 Å². The summed E-state index contributed by atoms with van der Waals surface area (Å²) in [6.07, 6.45) is 4.88. The number of nitrogens with one attached hydrogen (secondary N) is 1. The SMILES string of the molecule is Cl.O=C1Nc2cnc3ccccc3c2C12CCC2. The number of pyridine rings is 1. The highest BCUT2D eigenvalue weighted by Crippen LogP contribution is 2.52. The number of fused-ring (bicyclic) bond motifs is 4. The topological polar surface area (TPSA) is 42.0 Å². The molecule has 1 fully saturated rings. The maximum Gasteiger partial charge on any atom is 0.235 e. The molecule has 1 spiro atoms. The highest BCUT2D eigenvalue weighted by molar-refractivity contribution is 6.11. The second kappa shape index (κ2) is 3.69. The monoisotopic (exact) mass is 260 g/mol. The van der Waals surface area contributed by atoms with E-state index < -0.39 is 0 Å². The van der Waals surface area contributed by atoms with Crippen molar-refractivity contribution in [3.8, 4) is 0 Å². The van der Waals surface area contributed by atoms with Crippen LogP contribution >= 0.6 is 12.4 Å². The lowest BCUT2D eigenvalue weighted by Gasteiger charge is -2.36. The number of hydrogen-bond donors (Lipinski definition) is 1. The Morgan fingerprint density at radius 1 is 1.22 bits per heavy atom. The number of carbonyl (C=O) groups excluding carboxylic acids is 1. The van der Waals surface area contributed by atoms with Crippen LogP contribution in [0.15, 0.2) is 30.5 Å². The van der Waals surface area contributed by atoms with Gasteiger partial charge >= 0.3 is 0 Å². The van der Waals surface area contributed by atoms with Crippen molar-refractivity contribution >= 4 is 34.9 Å². The smallest absolute Gasteiger partial charge is 0.235 e. The number of amides is 1.